The molecule has 4 heteroatoms. The highest BCUT2D eigenvalue weighted by atomic mass is 16.5. The van der Waals surface area contributed by atoms with Gasteiger partial charge in [0, 0.05) is 12.1 Å². The second-order valence-electron chi connectivity index (χ2n) is 5.72. The summed E-state index contributed by atoms with van der Waals surface area (Å²) in [4.78, 5) is 0. The van der Waals surface area contributed by atoms with Crippen molar-refractivity contribution in [3.63, 3.8) is 0 Å². The maximum Gasteiger partial charge on any atom is 0.145 e. The van der Waals surface area contributed by atoms with E-state index in [9.17, 15) is 0 Å². The topological polar surface area (TPSA) is 39.1 Å². The van der Waals surface area contributed by atoms with Gasteiger partial charge in [0.05, 0.1) is 12.3 Å². The molecule has 0 saturated heterocycles. The van der Waals surface area contributed by atoms with E-state index in [2.05, 4.69) is 23.0 Å². The fourth-order valence-electron chi connectivity index (χ4n) is 3.10. The summed E-state index contributed by atoms with van der Waals surface area (Å²) in [5.41, 5.74) is 3.65. The summed E-state index contributed by atoms with van der Waals surface area (Å²) in [6.07, 6.45) is 5.72. The van der Waals surface area contributed by atoms with Crippen molar-refractivity contribution in [2.75, 3.05) is 18.5 Å². The summed E-state index contributed by atoms with van der Waals surface area (Å²) in [6, 6.07) is 8.16. The number of nitrogens with one attached hydrogen (secondary N) is 1. The molecular weight excluding hydrogens is 274 g/mol. The highest BCUT2D eigenvalue weighted by Gasteiger charge is 2.21. The van der Waals surface area contributed by atoms with Crippen LogP contribution in [0.25, 0.3) is 5.69 Å². The van der Waals surface area contributed by atoms with Crippen LogP contribution in [-0.4, -0.2) is 22.9 Å². The minimum Gasteiger partial charge on any atom is -0.492 e. The molecule has 0 spiro atoms. The average molecular weight is 299 g/mol. The zero-order valence-corrected chi connectivity index (χ0v) is 13.6. The summed E-state index contributed by atoms with van der Waals surface area (Å²) < 4.78 is 7.85. The van der Waals surface area contributed by atoms with E-state index >= 15 is 0 Å². The predicted octanol–water partition coefficient (Wildman–Crippen LogP) is 3.97. The van der Waals surface area contributed by atoms with Crippen LogP contribution in [0.15, 0.2) is 24.3 Å². The normalized spacial score (nSPS) is 14.1. The molecule has 0 aliphatic carbocycles. The van der Waals surface area contributed by atoms with E-state index in [-0.39, 0.29) is 0 Å². The van der Waals surface area contributed by atoms with Crippen LogP contribution in [0.1, 0.15) is 44.4 Å². The first-order chi connectivity index (χ1) is 10.8. The number of benzene rings is 1. The first-order valence-corrected chi connectivity index (χ1v) is 8.42. The molecule has 1 aromatic heterocycles. The maximum atomic E-state index is 5.79. The van der Waals surface area contributed by atoms with E-state index in [1.807, 2.05) is 25.1 Å². The lowest BCUT2D eigenvalue weighted by Gasteiger charge is -2.13. The van der Waals surface area contributed by atoms with Crippen molar-refractivity contribution >= 4 is 5.82 Å². The molecule has 0 atom stereocenters. The molecule has 118 valence electrons. The van der Waals surface area contributed by atoms with Gasteiger partial charge in [0.15, 0.2) is 0 Å². The van der Waals surface area contributed by atoms with E-state index in [4.69, 9.17) is 9.84 Å². The van der Waals surface area contributed by atoms with Crippen molar-refractivity contribution < 1.29 is 4.74 Å². The van der Waals surface area contributed by atoms with Gasteiger partial charge in [-0.3, -0.25) is 0 Å². The highest BCUT2D eigenvalue weighted by Crippen LogP contribution is 2.32. The smallest absolute Gasteiger partial charge is 0.145 e. The van der Waals surface area contributed by atoms with E-state index in [1.54, 1.807) is 0 Å². The number of aromatic nitrogens is 2. The van der Waals surface area contributed by atoms with Crippen LogP contribution >= 0.6 is 0 Å². The molecule has 2 heterocycles. The molecular formula is C18H25N3O. The third-order valence-electron chi connectivity index (χ3n) is 4.09. The Hall–Kier alpha value is -1.97. The molecule has 0 fully saturated rings. The Morgan fingerprint density at radius 1 is 1.23 bits per heavy atom. The van der Waals surface area contributed by atoms with Gasteiger partial charge in [-0.05, 0) is 44.7 Å². The second-order valence-corrected chi connectivity index (χ2v) is 5.72. The lowest BCUT2D eigenvalue weighted by molar-refractivity contribution is 0.338. The number of anilines is 1. The third-order valence-corrected chi connectivity index (χ3v) is 4.09. The molecule has 0 amide bonds. The monoisotopic (exact) mass is 299 g/mol. The second kappa shape index (κ2) is 6.86. The zero-order valence-electron chi connectivity index (χ0n) is 13.6. The van der Waals surface area contributed by atoms with Gasteiger partial charge in [0.1, 0.15) is 17.3 Å². The summed E-state index contributed by atoms with van der Waals surface area (Å²) in [5.74, 6) is 2.05. The van der Waals surface area contributed by atoms with Gasteiger partial charge in [-0.1, -0.05) is 25.5 Å². The molecule has 0 radical (unpaired) electrons. The van der Waals surface area contributed by atoms with Crippen molar-refractivity contribution in [1.29, 1.82) is 0 Å². The minimum atomic E-state index is 0.662. The Morgan fingerprint density at radius 2 is 2.09 bits per heavy atom. The molecule has 0 bridgehead atoms. The van der Waals surface area contributed by atoms with Crippen molar-refractivity contribution in [2.45, 2.75) is 46.0 Å². The molecule has 3 rings (SSSR count). The number of hydrogen-bond donors (Lipinski definition) is 1. The summed E-state index contributed by atoms with van der Waals surface area (Å²) in [5, 5.41) is 8.50. The Morgan fingerprint density at radius 3 is 2.91 bits per heavy atom. The Balaban J connectivity index is 2.10. The fourth-order valence-corrected chi connectivity index (χ4v) is 3.10. The fraction of sp³-hybridized carbons (Fsp3) is 0.500. The molecule has 0 unspecified atom stereocenters. The third kappa shape index (κ3) is 2.82. The van der Waals surface area contributed by atoms with Crippen LogP contribution in [0, 0.1) is 0 Å². The van der Waals surface area contributed by atoms with Gasteiger partial charge in [-0.2, -0.15) is 5.10 Å². The minimum absolute atomic E-state index is 0.662. The van der Waals surface area contributed by atoms with Crippen molar-refractivity contribution in [2.24, 2.45) is 0 Å². The lowest BCUT2D eigenvalue weighted by atomic mass is 10.1. The number of hydrogen-bond acceptors (Lipinski definition) is 3. The molecule has 2 aromatic rings. The molecule has 1 aromatic carbocycles. The first-order valence-electron chi connectivity index (χ1n) is 8.42. The number of aryl methyl sites for hydroxylation is 1. The summed E-state index contributed by atoms with van der Waals surface area (Å²) >= 11 is 0. The van der Waals surface area contributed by atoms with Crippen LogP contribution in [-0.2, 0) is 12.8 Å². The lowest BCUT2D eigenvalue weighted by Crippen LogP contribution is -2.08. The quantitative estimate of drug-likeness (QED) is 0.908. The zero-order chi connectivity index (χ0) is 15.4. The van der Waals surface area contributed by atoms with E-state index in [1.165, 1.54) is 24.1 Å². The van der Waals surface area contributed by atoms with E-state index in [0.717, 1.165) is 43.1 Å². The van der Waals surface area contributed by atoms with E-state index in [0.29, 0.717) is 6.61 Å². The molecule has 4 nitrogen and oxygen atoms in total. The van der Waals surface area contributed by atoms with Gasteiger partial charge in [-0.25, -0.2) is 4.68 Å². The van der Waals surface area contributed by atoms with Gasteiger partial charge < -0.3 is 10.1 Å². The highest BCUT2D eigenvalue weighted by molar-refractivity contribution is 5.58. The molecule has 22 heavy (non-hydrogen) atoms. The van der Waals surface area contributed by atoms with Crippen LogP contribution in [0.5, 0.6) is 5.75 Å². The average Bonchev–Trinajstić information content (AvgIpc) is 2.72. The van der Waals surface area contributed by atoms with E-state index < -0.39 is 0 Å². The Labute approximate surface area is 132 Å². The van der Waals surface area contributed by atoms with Crippen LogP contribution in [0.4, 0.5) is 5.82 Å². The van der Waals surface area contributed by atoms with Crippen LogP contribution in [0.3, 0.4) is 0 Å². The Bertz CT molecular complexity index is 633. The number of rotatable bonds is 5. The first kappa shape index (κ1) is 14.9. The number of fused-ring (bicyclic) bond motifs is 1. The van der Waals surface area contributed by atoms with Crippen LogP contribution in [0.2, 0.25) is 0 Å². The van der Waals surface area contributed by atoms with Crippen molar-refractivity contribution in [3.05, 3.63) is 35.5 Å². The molecule has 1 aliphatic rings. The number of para-hydroxylation sites is 2. The van der Waals surface area contributed by atoms with Crippen LogP contribution < -0.4 is 10.1 Å². The summed E-state index contributed by atoms with van der Waals surface area (Å²) in [7, 11) is 0. The SMILES string of the molecule is CCCc1nn(-c2ccccc2OCC)c2c1CCCCN2. The largest absolute Gasteiger partial charge is 0.492 e. The van der Waals surface area contributed by atoms with Gasteiger partial charge in [0.2, 0.25) is 0 Å². The standard InChI is InChI=1S/C18H25N3O/c1-3-9-15-14-10-7-8-13-19-18(14)21(20-15)16-11-5-6-12-17(16)22-4-2/h5-6,11-12,19H,3-4,7-10,13H2,1-2H3. The number of nitrogens with zero attached hydrogens (tertiary/aromatic N) is 2. The molecule has 0 saturated carbocycles. The van der Waals surface area contributed by atoms with Crippen molar-refractivity contribution in [1.82, 2.24) is 9.78 Å². The summed E-state index contributed by atoms with van der Waals surface area (Å²) in [6.45, 7) is 5.90. The Kier molecular flexibility index (Phi) is 4.66. The van der Waals surface area contributed by atoms with Gasteiger partial charge >= 0.3 is 0 Å². The van der Waals surface area contributed by atoms with Gasteiger partial charge in [0.25, 0.3) is 0 Å². The predicted molar refractivity (Wildman–Crippen MR) is 90.2 cm³/mol. The maximum absolute atomic E-state index is 5.79. The molecule has 1 N–H and O–H groups in total. The van der Waals surface area contributed by atoms with Gasteiger partial charge in [-0.15, -0.1) is 0 Å². The molecule has 1 aliphatic heterocycles. The number of ether oxygens (including phenoxy) is 1. The van der Waals surface area contributed by atoms with Crippen molar-refractivity contribution in [3.8, 4) is 11.4 Å².